The number of rotatable bonds is 6. The van der Waals surface area contributed by atoms with E-state index in [1.165, 1.54) is 54.6 Å². The molecule has 0 amide bonds. The lowest BCUT2D eigenvalue weighted by Gasteiger charge is -2.06. The summed E-state index contributed by atoms with van der Waals surface area (Å²) in [5.74, 6) is -1.58. The second-order valence-corrected chi connectivity index (χ2v) is 4.71. The number of hydrogen-bond acceptors (Lipinski definition) is 5. The predicted octanol–water partition coefficient (Wildman–Crippen LogP) is 3.51. The Morgan fingerprint density at radius 3 is 1.84 bits per heavy atom. The minimum Gasteiger partial charge on any atom is -0.478 e. The fourth-order valence-corrected chi connectivity index (χ4v) is 1.78. The van der Waals surface area contributed by atoms with Crippen molar-refractivity contribution in [3.8, 4) is 11.5 Å². The molecule has 0 bridgehead atoms. The fraction of sp³-hybridized carbons (Fsp3) is 0.0556. The van der Waals surface area contributed by atoms with Crippen LogP contribution < -0.4 is 9.47 Å². The third-order valence-corrected chi connectivity index (χ3v) is 2.94. The number of aromatic carboxylic acids is 1. The summed E-state index contributed by atoms with van der Waals surface area (Å²) in [6.45, 7) is 3.44. The highest BCUT2D eigenvalue weighted by Gasteiger charge is 2.10. The minimum absolute atomic E-state index is 0. The Hall–Kier alpha value is -3.12. The Bertz CT molecular complexity index is 765. The number of benzene rings is 2. The average Bonchev–Trinajstić information content (AvgIpc) is 2.56. The van der Waals surface area contributed by atoms with Crippen LogP contribution in [0.25, 0.3) is 0 Å². The summed E-state index contributed by atoms with van der Waals surface area (Å²) in [5.41, 5.74) is 0.362. The van der Waals surface area contributed by atoms with Gasteiger partial charge < -0.3 is 14.6 Å². The molecule has 0 radical (unpaired) electrons. The van der Waals surface area contributed by atoms with Gasteiger partial charge in [0.05, 0.1) is 17.5 Å². The van der Waals surface area contributed by atoms with Gasteiger partial charge in [0, 0.05) is 0 Å². The van der Waals surface area contributed by atoms with Crippen molar-refractivity contribution < 1.29 is 29.0 Å². The van der Waals surface area contributed by atoms with Crippen molar-refractivity contribution in [2.45, 2.75) is 6.42 Å². The van der Waals surface area contributed by atoms with Crippen molar-refractivity contribution in [3.05, 3.63) is 72.3 Å². The van der Waals surface area contributed by atoms with E-state index < -0.39 is 17.9 Å². The molecule has 6 nitrogen and oxygen atoms in total. The van der Waals surface area contributed by atoms with Crippen molar-refractivity contribution in [2.24, 2.45) is 0 Å². The van der Waals surface area contributed by atoms with Gasteiger partial charge in [-0.05, 0) is 48.5 Å². The molecular formula is C18H15ClO6. The molecule has 0 unspecified atom stereocenters. The smallest absolute Gasteiger partial charge is 0.343 e. The van der Waals surface area contributed by atoms with E-state index >= 15 is 0 Å². The Balaban J connectivity index is 0.00000312. The molecule has 0 fully saturated rings. The number of halogens is 1. The lowest BCUT2D eigenvalue weighted by molar-refractivity contribution is -0.133. The van der Waals surface area contributed by atoms with E-state index in [9.17, 15) is 14.4 Å². The predicted molar refractivity (Wildman–Crippen MR) is 92.5 cm³/mol. The van der Waals surface area contributed by atoms with E-state index in [0.29, 0.717) is 5.75 Å². The highest BCUT2D eigenvalue weighted by atomic mass is 35.5. The van der Waals surface area contributed by atoms with E-state index in [1.54, 1.807) is 0 Å². The van der Waals surface area contributed by atoms with Crippen LogP contribution in [0.1, 0.15) is 27.1 Å². The summed E-state index contributed by atoms with van der Waals surface area (Å²) in [6.07, 6.45) is 1.53. The van der Waals surface area contributed by atoms with Gasteiger partial charge in [-0.2, -0.15) is 0 Å². The molecule has 25 heavy (non-hydrogen) atoms. The Labute approximate surface area is 150 Å². The summed E-state index contributed by atoms with van der Waals surface area (Å²) < 4.78 is 10.2. The van der Waals surface area contributed by atoms with Crippen LogP contribution in [-0.2, 0) is 4.79 Å². The maximum absolute atomic E-state index is 12.0. The van der Waals surface area contributed by atoms with Crippen LogP contribution in [0.2, 0.25) is 0 Å². The minimum atomic E-state index is -1.06. The quantitative estimate of drug-likeness (QED) is 0.480. The molecular weight excluding hydrogens is 348 g/mol. The van der Waals surface area contributed by atoms with E-state index in [4.69, 9.17) is 14.6 Å². The SMILES string of the molecule is C=CCC(=O)Oc1ccc(C(=O)Oc2ccc(C(=O)O)cc2)cc1.Cl. The summed E-state index contributed by atoms with van der Waals surface area (Å²) >= 11 is 0. The fourth-order valence-electron chi connectivity index (χ4n) is 1.78. The van der Waals surface area contributed by atoms with Gasteiger partial charge in [-0.25, -0.2) is 9.59 Å². The topological polar surface area (TPSA) is 89.9 Å². The molecule has 0 saturated heterocycles. The van der Waals surface area contributed by atoms with Crippen LogP contribution in [0.3, 0.4) is 0 Å². The standard InChI is InChI=1S/C18H14O6.ClH/c1-2-3-16(19)23-14-10-6-13(7-11-14)18(22)24-15-8-4-12(5-9-15)17(20)21;/h2,4-11H,1,3H2,(H,20,21);1H. The first kappa shape index (κ1) is 19.9. The molecule has 2 aromatic rings. The number of hydrogen-bond donors (Lipinski definition) is 1. The van der Waals surface area contributed by atoms with Gasteiger partial charge >= 0.3 is 17.9 Å². The number of ether oxygens (including phenoxy) is 2. The van der Waals surface area contributed by atoms with E-state index in [0.717, 1.165) is 0 Å². The van der Waals surface area contributed by atoms with Gasteiger partial charge in [0.25, 0.3) is 0 Å². The maximum Gasteiger partial charge on any atom is 0.343 e. The van der Waals surface area contributed by atoms with Gasteiger partial charge in [0.15, 0.2) is 0 Å². The molecule has 7 heteroatoms. The normalized spacial score (nSPS) is 9.44. The maximum atomic E-state index is 12.0. The van der Waals surface area contributed by atoms with E-state index in [1.807, 2.05) is 0 Å². The Kier molecular flexibility index (Phi) is 7.37. The van der Waals surface area contributed by atoms with E-state index in [2.05, 4.69) is 6.58 Å². The summed E-state index contributed by atoms with van der Waals surface area (Å²) in [7, 11) is 0. The van der Waals surface area contributed by atoms with Crippen LogP contribution in [0.4, 0.5) is 0 Å². The van der Waals surface area contributed by atoms with Crippen molar-refractivity contribution in [1.29, 1.82) is 0 Å². The highest BCUT2D eigenvalue weighted by Crippen LogP contribution is 2.17. The largest absolute Gasteiger partial charge is 0.478 e. The number of carbonyl (C=O) groups is 3. The van der Waals surface area contributed by atoms with Crippen LogP contribution >= 0.6 is 12.4 Å². The highest BCUT2D eigenvalue weighted by molar-refractivity contribution is 5.91. The molecule has 1 N–H and O–H groups in total. The van der Waals surface area contributed by atoms with E-state index in [-0.39, 0.29) is 35.7 Å². The summed E-state index contributed by atoms with van der Waals surface area (Å²) in [5, 5.41) is 8.81. The van der Waals surface area contributed by atoms with Crippen molar-refractivity contribution in [3.63, 3.8) is 0 Å². The molecule has 0 aromatic heterocycles. The molecule has 0 spiro atoms. The molecule has 0 aliphatic rings. The van der Waals surface area contributed by atoms with Crippen LogP contribution in [0.15, 0.2) is 61.2 Å². The van der Waals surface area contributed by atoms with Gasteiger partial charge in [0.1, 0.15) is 11.5 Å². The van der Waals surface area contributed by atoms with Gasteiger partial charge in [-0.15, -0.1) is 19.0 Å². The van der Waals surface area contributed by atoms with Crippen molar-refractivity contribution in [2.75, 3.05) is 0 Å². The molecule has 130 valence electrons. The first-order valence-corrected chi connectivity index (χ1v) is 6.97. The van der Waals surface area contributed by atoms with Crippen LogP contribution in [0.5, 0.6) is 11.5 Å². The first-order chi connectivity index (χ1) is 11.5. The van der Waals surface area contributed by atoms with Crippen molar-refractivity contribution in [1.82, 2.24) is 0 Å². The second kappa shape index (κ2) is 9.24. The van der Waals surface area contributed by atoms with Crippen LogP contribution in [-0.4, -0.2) is 23.0 Å². The number of carbonyl (C=O) groups excluding carboxylic acids is 2. The number of carboxylic acid groups (broad SMARTS) is 1. The second-order valence-electron chi connectivity index (χ2n) is 4.71. The summed E-state index contributed by atoms with van der Waals surface area (Å²) in [6, 6.07) is 11.4. The Morgan fingerprint density at radius 1 is 0.880 bits per heavy atom. The monoisotopic (exact) mass is 362 g/mol. The molecule has 0 aliphatic carbocycles. The lowest BCUT2D eigenvalue weighted by atomic mass is 10.2. The Morgan fingerprint density at radius 2 is 1.36 bits per heavy atom. The molecule has 0 atom stereocenters. The molecule has 2 rings (SSSR count). The van der Waals surface area contributed by atoms with Gasteiger partial charge in [0.2, 0.25) is 0 Å². The third kappa shape index (κ3) is 5.78. The number of carboxylic acids is 1. The van der Waals surface area contributed by atoms with Gasteiger partial charge in [-0.3, -0.25) is 4.79 Å². The molecule has 0 heterocycles. The first-order valence-electron chi connectivity index (χ1n) is 6.97. The van der Waals surface area contributed by atoms with Crippen LogP contribution in [0, 0.1) is 0 Å². The molecule has 0 saturated carbocycles. The van der Waals surface area contributed by atoms with Gasteiger partial charge in [-0.1, -0.05) is 6.08 Å². The average molecular weight is 363 g/mol. The lowest BCUT2D eigenvalue weighted by Crippen LogP contribution is -2.09. The zero-order chi connectivity index (χ0) is 17.5. The third-order valence-electron chi connectivity index (χ3n) is 2.94. The van der Waals surface area contributed by atoms with Crippen molar-refractivity contribution >= 4 is 30.3 Å². The summed E-state index contributed by atoms with van der Waals surface area (Å²) in [4.78, 5) is 34.1. The molecule has 2 aromatic carbocycles. The molecule has 0 aliphatic heterocycles. The zero-order valence-electron chi connectivity index (χ0n) is 13.0. The zero-order valence-corrected chi connectivity index (χ0v) is 13.8. The number of esters is 2.